The fraction of sp³-hybridized carbons (Fsp3) is 0.423. The average Bonchev–Trinajstić information content (AvgIpc) is 3.25. The van der Waals surface area contributed by atoms with Crippen molar-refractivity contribution in [1.82, 2.24) is 14.9 Å². The first-order valence-electron chi connectivity index (χ1n) is 12.3. The van der Waals surface area contributed by atoms with Gasteiger partial charge in [0.05, 0.1) is 19.3 Å². The molecule has 0 atom stereocenters. The lowest BCUT2D eigenvalue weighted by Gasteiger charge is -2.39. The summed E-state index contributed by atoms with van der Waals surface area (Å²) in [6.07, 6.45) is -0.559. The van der Waals surface area contributed by atoms with Crippen molar-refractivity contribution in [3.8, 4) is 11.5 Å². The van der Waals surface area contributed by atoms with Crippen molar-refractivity contribution in [2.45, 2.75) is 32.1 Å². The summed E-state index contributed by atoms with van der Waals surface area (Å²) >= 11 is 0. The zero-order valence-electron chi connectivity index (χ0n) is 20.2. The maximum Gasteiger partial charge on any atom is 0.434 e. The molecule has 0 aromatic heterocycles. The topological polar surface area (TPSA) is 107 Å². The van der Waals surface area contributed by atoms with Gasteiger partial charge in [0.15, 0.2) is 13.6 Å². The van der Waals surface area contributed by atoms with E-state index in [0.29, 0.717) is 44.5 Å². The maximum absolute atomic E-state index is 12.7. The number of carbonyl (C=O) groups excluding carboxylic acids is 3. The van der Waals surface area contributed by atoms with Crippen LogP contribution in [0.2, 0.25) is 0 Å². The smallest absolute Gasteiger partial charge is 0.434 e. The van der Waals surface area contributed by atoms with Gasteiger partial charge in [-0.05, 0) is 35.4 Å². The number of imide groups is 1. The van der Waals surface area contributed by atoms with Crippen LogP contribution in [-0.2, 0) is 37.1 Å². The molecule has 11 nitrogen and oxygen atoms in total. The van der Waals surface area contributed by atoms with Gasteiger partial charge in [-0.2, -0.15) is 0 Å². The molecule has 3 amide bonds. The van der Waals surface area contributed by atoms with Crippen molar-refractivity contribution in [1.29, 1.82) is 0 Å². The molecular formula is C26H27N3O8. The van der Waals surface area contributed by atoms with E-state index in [1.165, 1.54) is 4.90 Å². The molecule has 194 valence electrons. The van der Waals surface area contributed by atoms with Crippen LogP contribution in [0.1, 0.15) is 41.1 Å². The van der Waals surface area contributed by atoms with Gasteiger partial charge in [0, 0.05) is 50.1 Å². The SMILES string of the molecule is O=C(ON1C(=O)CCC1=O)N1CCN(C(c2ccc3c(c2)COCO3)c2ccc3c(c2)COCO3)CC1. The van der Waals surface area contributed by atoms with Crippen LogP contribution in [0, 0.1) is 0 Å². The highest BCUT2D eigenvalue weighted by Crippen LogP contribution is 2.36. The summed E-state index contributed by atoms with van der Waals surface area (Å²) in [5.74, 6) is 0.662. The van der Waals surface area contributed by atoms with Crippen LogP contribution in [0.5, 0.6) is 11.5 Å². The van der Waals surface area contributed by atoms with E-state index in [1.54, 1.807) is 0 Å². The number of hydrogen-bond donors (Lipinski definition) is 0. The number of piperazine rings is 1. The second-order valence-corrected chi connectivity index (χ2v) is 9.32. The van der Waals surface area contributed by atoms with Crippen LogP contribution in [-0.4, -0.2) is 72.5 Å². The van der Waals surface area contributed by atoms with Crippen LogP contribution in [0.25, 0.3) is 0 Å². The molecule has 0 N–H and O–H groups in total. The lowest BCUT2D eigenvalue weighted by Crippen LogP contribution is -2.51. The Bertz CT molecular complexity index is 1150. The zero-order chi connectivity index (χ0) is 25.4. The number of amides is 3. The van der Waals surface area contributed by atoms with Gasteiger partial charge in [-0.25, -0.2) is 4.79 Å². The van der Waals surface area contributed by atoms with E-state index in [4.69, 9.17) is 23.8 Å². The summed E-state index contributed by atoms with van der Waals surface area (Å²) in [4.78, 5) is 45.3. The second-order valence-electron chi connectivity index (χ2n) is 9.32. The van der Waals surface area contributed by atoms with Gasteiger partial charge in [-0.3, -0.25) is 14.5 Å². The molecule has 2 aromatic carbocycles. The number of benzene rings is 2. The Kier molecular flexibility index (Phi) is 6.41. The van der Waals surface area contributed by atoms with Crippen LogP contribution in [0.3, 0.4) is 0 Å². The number of fused-ring (bicyclic) bond motifs is 2. The minimum Gasteiger partial charge on any atom is -0.467 e. The third-order valence-corrected chi connectivity index (χ3v) is 7.02. The second kappa shape index (κ2) is 10.0. The Balaban J connectivity index is 1.23. The van der Waals surface area contributed by atoms with Gasteiger partial charge < -0.3 is 28.7 Å². The van der Waals surface area contributed by atoms with Crippen LogP contribution in [0.4, 0.5) is 4.79 Å². The molecule has 2 fully saturated rings. The van der Waals surface area contributed by atoms with Gasteiger partial charge in [-0.15, -0.1) is 5.06 Å². The summed E-state index contributed by atoms with van der Waals surface area (Å²) in [6.45, 7) is 3.36. The van der Waals surface area contributed by atoms with E-state index in [-0.39, 0.29) is 32.5 Å². The molecule has 4 aliphatic rings. The van der Waals surface area contributed by atoms with E-state index in [9.17, 15) is 14.4 Å². The number of carbonyl (C=O) groups is 3. The highest BCUT2D eigenvalue weighted by atomic mass is 16.7. The molecule has 37 heavy (non-hydrogen) atoms. The quantitative estimate of drug-likeness (QED) is 0.574. The molecule has 4 heterocycles. The highest BCUT2D eigenvalue weighted by molar-refractivity contribution is 6.01. The number of nitrogens with zero attached hydrogens (tertiary/aromatic N) is 3. The minimum atomic E-state index is -0.689. The summed E-state index contributed by atoms with van der Waals surface area (Å²) in [7, 11) is 0. The number of hydrogen-bond acceptors (Lipinski definition) is 9. The lowest BCUT2D eigenvalue weighted by atomic mass is 9.93. The van der Waals surface area contributed by atoms with E-state index in [0.717, 1.165) is 33.8 Å². The van der Waals surface area contributed by atoms with E-state index in [1.807, 2.05) is 12.1 Å². The molecule has 6 rings (SSSR count). The van der Waals surface area contributed by atoms with E-state index >= 15 is 0 Å². The van der Waals surface area contributed by atoms with Crippen LogP contribution in [0.15, 0.2) is 36.4 Å². The summed E-state index contributed by atoms with van der Waals surface area (Å²) in [5, 5.41) is 0.589. The predicted octanol–water partition coefficient (Wildman–Crippen LogP) is 2.33. The Morgan fingerprint density at radius 2 is 1.32 bits per heavy atom. The Hall–Kier alpha value is -3.67. The first kappa shape index (κ1) is 23.7. The Labute approximate surface area is 213 Å². The zero-order valence-corrected chi connectivity index (χ0v) is 20.2. The van der Waals surface area contributed by atoms with Gasteiger partial charge in [0.2, 0.25) is 0 Å². The van der Waals surface area contributed by atoms with E-state index < -0.39 is 17.9 Å². The molecule has 0 radical (unpaired) electrons. The fourth-order valence-electron chi connectivity index (χ4n) is 5.13. The molecule has 0 bridgehead atoms. The number of rotatable bonds is 4. The molecule has 2 saturated heterocycles. The van der Waals surface area contributed by atoms with Gasteiger partial charge >= 0.3 is 6.09 Å². The van der Waals surface area contributed by atoms with Crippen molar-refractivity contribution in [3.63, 3.8) is 0 Å². The Morgan fingerprint density at radius 1 is 0.784 bits per heavy atom. The monoisotopic (exact) mass is 509 g/mol. The minimum absolute atomic E-state index is 0.0648. The maximum atomic E-state index is 12.7. The van der Waals surface area contributed by atoms with Crippen molar-refractivity contribution < 1.29 is 38.2 Å². The summed E-state index contributed by atoms with van der Waals surface area (Å²) in [6, 6.07) is 12.2. The molecule has 0 aliphatic carbocycles. The van der Waals surface area contributed by atoms with Gasteiger partial charge in [0.25, 0.3) is 11.8 Å². The van der Waals surface area contributed by atoms with Crippen LogP contribution < -0.4 is 9.47 Å². The lowest BCUT2D eigenvalue weighted by molar-refractivity contribution is -0.174. The molecule has 4 aliphatic heterocycles. The average molecular weight is 510 g/mol. The third-order valence-electron chi connectivity index (χ3n) is 7.02. The molecule has 0 unspecified atom stereocenters. The molecular weight excluding hydrogens is 482 g/mol. The van der Waals surface area contributed by atoms with Gasteiger partial charge in [-0.1, -0.05) is 12.1 Å². The van der Waals surface area contributed by atoms with Crippen molar-refractivity contribution >= 4 is 17.9 Å². The molecule has 11 heteroatoms. The standard InChI is InChI=1S/C26H27N3O8/c30-23-5-6-24(31)29(23)37-26(32)28-9-7-27(8-10-28)25(17-1-3-21-19(11-17)13-33-15-35-21)18-2-4-22-20(12-18)14-34-16-36-22/h1-4,11-12,25H,5-10,13-16H2. The summed E-state index contributed by atoms with van der Waals surface area (Å²) in [5.41, 5.74) is 4.13. The van der Waals surface area contributed by atoms with Crippen molar-refractivity contribution in [2.24, 2.45) is 0 Å². The Morgan fingerprint density at radius 3 is 1.86 bits per heavy atom. The van der Waals surface area contributed by atoms with Crippen molar-refractivity contribution in [3.05, 3.63) is 58.7 Å². The largest absolute Gasteiger partial charge is 0.467 e. The summed E-state index contributed by atoms with van der Waals surface area (Å²) < 4.78 is 22.2. The molecule has 2 aromatic rings. The normalized spacial score (nSPS) is 19.8. The predicted molar refractivity (Wildman–Crippen MR) is 126 cm³/mol. The van der Waals surface area contributed by atoms with Gasteiger partial charge in [0.1, 0.15) is 11.5 Å². The first-order chi connectivity index (χ1) is 18.1. The van der Waals surface area contributed by atoms with Crippen molar-refractivity contribution in [2.75, 3.05) is 39.8 Å². The molecule has 0 saturated carbocycles. The highest BCUT2D eigenvalue weighted by Gasteiger charge is 2.36. The first-order valence-corrected chi connectivity index (χ1v) is 12.3. The number of ether oxygens (including phenoxy) is 4. The van der Waals surface area contributed by atoms with Crippen LogP contribution >= 0.6 is 0 Å². The molecule has 0 spiro atoms. The fourth-order valence-corrected chi connectivity index (χ4v) is 5.13. The number of hydroxylamine groups is 2. The third kappa shape index (κ3) is 4.73. The van der Waals surface area contributed by atoms with E-state index in [2.05, 4.69) is 29.2 Å².